The zero-order valence-electron chi connectivity index (χ0n) is 9.28. The molecule has 2 heterocycles. The Balaban J connectivity index is 2.04. The summed E-state index contributed by atoms with van der Waals surface area (Å²) in [6.07, 6.45) is 7.21. The van der Waals surface area contributed by atoms with Gasteiger partial charge < -0.3 is 5.32 Å². The molecule has 4 nitrogen and oxygen atoms in total. The quantitative estimate of drug-likeness (QED) is 0.797. The fourth-order valence-corrected chi connectivity index (χ4v) is 2.15. The zero-order valence-corrected chi connectivity index (χ0v) is 9.28. The summed E-state index contributed by atoms with van der Waals surface area (Å²) in [5, 5.41) is 3.40. The molecule has 1 aliphatic heterocycles. The molecule has 1 saturated heterocycles. The average Bonchev–Trinajstić information content (AvgIpc) is 2.83. The second-order valence-corrected chi connectivity index (χ2v) is 4.22. The Morgan fingerprint density at radius 1 is 1.47 bits per heavy atom. The van der Waals surface area contributed by atoms with Gasteiger partial charge in [-0.2, -0.15) is 0 Å². The number of hydrogen-bond donors (Lipinski definition) is 1. The second kappa shape index (κ2) is 4.66. The summed E-state index contributed by atoms with van der Waals surface area (Å²) in [5.74, 6) is 0. The molecule has 0 saturated carbocycles. The van der Waals surface area contributed by atoms with Gasteiger partial charge >= 0.3 is 5.69 Å². The van der Waals surface area contributed by atoms with Crippen LogP contribution in [0.2, 0.25) is 0 Å². The number of hydrogen-bond acceptors (Lipinski definition) is 2. The van der Waals surface area contributed by atoms with Crippen molar-refractivity contribution in [3.05, 3.63) is 22.9 Å². The predicted octanol–water partition coefficient (Wildman–Crippen LogP) is 0.812. The first-order chi connectivity index (χ1) is 7.31. The van der Waals surface area contributed by atoms with E-state index >= 15 is 0 Å². The summed E-state index contributed by atoms with van der Waals surface area (Å²) in [6.45, 7) is 4.82. The van der Waals surface area contributed by atoms with E-state index in [2.05, 4.69) is 12.2 Å². The maximum atomic E-state index is 11.8. The molecule has 0 spiro atoms. The zero-order chi connectivity index (χ0) is 10.7. The minimum Gasteiger partial charge on any atom is -0.312 e. The molecule has 2 rings (SSSR count). The summed E-state index contributed by atoms with van der Waals surface area (Å²) < 4.78 is 3.60. The van der Waals surface area contributed by atoms with Gasteiger partial charge in [-0.25, -0.2) is 4.79 Å². The van der Waals surface area contributed by atoms with Crippen LogP contribution in [0.15, 0.2) is 17.2 Å². The van der Waals surface area contributed by atoms with Gasteiger partial charge in [0.15, 0.2) is 0 Å². The summed E-state index contributed by atoms with van der Waals surface area (Å²) >= 11 is 0. The van der Waals surface area contributed by atoms with E-state index in [-0.39, 0.29) is 5.69 Å². The molecule has 1 fully saturated rings. The molecule has 0 bridgehead atoms. The Kier molecular flexibility index (Phi) is 3.26. The number of imidazole rings is 1. The molecule has 0 aliphatic carbocycles. The summed E-state index contributed by atoms with van der Waals surface area (Å²) in [5.41, 5.74) is 0.130. The normalized spacial score (nSPS) is 21.0. The fraction of sp³-hybridized carbons (Fsp3) is 0.727. The van der Waals surface area contributed by atoms with Gasteiger partial charge in [0.2, 0.25) is 0 Å². The largest absolute Gasteiger partial charge is 0.328 e. The maximum absolute atomic E-state index is 11.8. The molecule has 1 aliphatic rings. The minimum absolute atomic E-state index is 0.130. The number of rotatable bonds is 4. The van der Waals surface area contributed by atoms with Gasteiger partial charge in [-0.3, -0.25) is 9.13 Å². The standard InChI is InChI=1S/C11H19N3O/c1-2-6-13-7-8-14(11(13)15)9-10-4-3-5-12-10/h7-8,10,12H,2-6,9H2,1H3/t10-/m1/s1. The minimum atomic E-state index is 0.130. The van der Waals surface area contributed by atoms with Gasteiger partial charge in [-0.05, 0) is 25.8 Å². The Morgan fingerprint density at radius 2 is 2.27 bits per heavy atom. The molecule has 1 N–H and O–H groups in total. The Bertz CT molecular complexity index is 360. The van der Waals surface area contributed by atoms with E-state index in [0.29, 0.717) is 6.04 Å². The molecule has 0 aromatic carbocycles. The Morgan fingerprint density at radius 3 is 2.93 bits per heavy atom. The van der Waals surface area contributed by atoms with Gasteiger partial charge in [0, 0.05) is 31.5 Å². The van der Waals surface area contributed by atoms with Crippen molar-refractivity contribution in [2.24, 2.45) is 0 Å². The highest BCUT2D eigenvalue weighted by atomic mass is 16.1. The number of aryl methyl sites for hydroxylation is 1. The average molecular weight is 209 g/mol. The lowest BCUT2D eigenvalue weighted by atomic mass is 10.2. The maximum Gasteiger partial charge on any atom is 0.328 e. The van der Waals surface area contributed by atoms with E-state index in [0.717, 1.165) is 26.1 Å². The molecular weight excluding hydrogens is 190 g/mol. The summed E-state index contributed by atoms with van der Waals surface area (Å²) in [6, 6.07) is 0.486. The lowest BCUT2D eigenvalue weighted by molar-refractivity contribution is 0.490. The lowest BCUT2D eigenvalue weighted by Gasteiger charge is -2.09. The first kappa shape index (κ1) is 10.5. The van der Waals surface area contributed by atoms with Crippen molar-refractivity contribution in [1.82, 2.24) is 14.5 Å². The first-order valence-electron chi connectivity index (χ1n) is 5.80. The van der Waals surface area contributed by atoms with Crippen molar-refractivity contribution in [2.45, 2.75) is 45.3 Å². The third-order valence-electron chi connectivity index (χ3n) is 2.96. The van der Waals surface area contributed by atoms with Crippen LogP contribution >= 0.6 is 0 Å². The monoisotopic (exact) mass is 209 g/mol. The molecule has 1 aromatic rings. The SMILES string of the molecule is CCCn1ccn(C[C@H]2CCCN2)c1=O. The van der Waals surface area contributed by atoms with Gasteiger partial charge in [-0.1, -0.05) is 6.92 Å². The van der Waals surface area contributed by atoms with Gasteiger partial charge in [-0.15, -0.1) is 0 Å². The molecular formula is C11H19N3O. The van der Waals surface area contributed by atoms with Crippen LogP contribution in [-0.2, 0) is 13.1 Å². The van der Waals surface area contributed by atoms with Crippen LogP contribution in [0.25, 0.3) is 0 Å². The van der Waals surface area contributed by atoms with Crippen molar-refractivity contribution in [3.8, 4) is 0 Å². The molecule has 84 valence electrons. The van der Waals surface area contributed by atoms with Gasteiger partial charge in [0.1, 0.15) is 0 Å². The van der Waals surface area contributed by atoms with E-state index in [9.17, 15) is 4.79 Å². The predicted molar refractivity (Wildman–Crippen MR) is 60.0 cm³/mol. The molecule has 0 radical (unpaired) electrons. The van der Waals surface area contributed by atoms with Gasteiger partial charge in [0.05, 0.1) is 0 Å². The highest BCUT2D eigenvalue weighted by Crippen LogP contribution is 2.06. The van der Waals surface area contributed by atoms with Gasteiger partial charge in [0.25, 0.3) is 0 Å². The van der Waals surface area contributed by atoms with Crippen LogP contribution in [0.5, 0.6) is 0 Å². The topological polar surface area (TPSA) is 39.0 Å². The van der Waals surface area contributed by atoms with Crippen LogP contribution in [-0.4, -0.2) is 21.7 Å². The molecule has 15 heavy (non-hydrogen) atoms. The third-order valence-corrected chi connectivity index (χ3v) is 2.96. The third kappa shape index (κ3) is 2.31. The highest BCUT2D eigenvalue weighted by molar-refractivity contribution is 4.84. The lowest BCUT2D eigenvalue weighted by Crippen LogP contribution is -2.32. The van der Waals surface area contributed by atoms with E-state index in [1.165, 1.54) is 12.8 Å². The Labute approximate surface area is 89.9 Å². The second-order valence-electron chi connectivity index (χ2n) is 4.22. The highest BCUT2D eigenvalue weighted by Gasteiger charge is 2.15. The van der Waals surface area contributed by atoms with Crippen molar-refractivity contribution < 1.29 is 0 Å². The first-order valence-corrected chi connectivity index (χ1v) is 5.80. The number of aromatic nitrogens is 2. The summed E-state index contributed by atoms with van der Waals surface area (Å²) in [4.78, 5) is 11.8. The van der Waals surface area contributed by atoms with Crippen molar-refractivity contribution >= 4 is 0 Å². The molecule has 1 atom stereocenters. The van der Waals surface area contributed by atoms with Crippen LogP contribution in [0, 0.1) is 0 Å². The van der Waals surface area contributed by atoms with Crippen LogP contribution < -0.4 is 11.0 Å². The fourth-order valence-electron chi connectivity index (χ4n) is 2.15. The van der Waals surface area contributed by atoms with Crippen molar-refractivity contribution in [1.29, 1.82) is 0 Å². The molecule has 0 unspecified atom stereocenters. The Hall–Kier alpha value is -1.03. The summed E-state index contributed by atoms with van der Waals surface area (Å²) in [7, 11) is 0. The number of nitrogens with zero attached hydrogens (tertiary/aromatic N) is 2. The van der Waals surface area contributed by atoms with E-state index < -0.39 is 0 Å². The van der Waals surface area contributed by atoms with Crippen LogP contribution in [0.1, 0.15) is 26.2 Å². The molecule has 4 heteroatoms. The molecule has 0 amide bonds. The van der Waals surface area contributed by atoms with E-state index in [1.807, 2.05) is 17.0 Å². The van der Waals surface area contributed by atoms with Crippen LogP contribution in [0.4, 0.5) is 0 Å². The van der Waals surface area contributed by atoms with E-state index in [1.54, 1.807) is 4.57 Å². The van der Waals surface area contributed by atoms with Crippen molar-refractivity contribution in [2.75, 3.05) is 6.54 Å². The van der Waals surface area contributed by atoms with Crippen molar-refractivity contribution in [3.63, 3.8) is 0 Å². The number of nitrogens with one attached hydrogen (secondary N) is 1. The molecule has 1 aromatic heterocycles. The smallest absolute Gasteiger partial charge is 0.312 e. The van der Waals surface area contributed by atoms with E-state index in [4.69, 9.17) is 0 Å². The van der Waals surface area contributed by atoms with Crippen LogP contribution in [0.3, 0.4) is 0 Å².